The molecular weight excluding hydrogens is 378 g/mol. The average molecular weight is 400 g/mol. The number of benzene rings is 2. The molecule has 3 aromatic heterocycles. The van der Waals surface area contributed by atoms with Gasteiger partial charge in [0.25, 0.3) is 5.52 Å². The van der Waals surface area contributed by atoms with Gasteiger partial charge in [-0.15, -0.1) is 0 Å². The SMILES string of the molecule is C[n+]1c2ccccc2c(NCC(=O)[C@@H](N)Cc2cnc[nH]2)c2oc3ccccc3c21. The quantitative estimate of drug-likeness (QED) is 0.381. The lowest BCUT2D eigenvalue weighted by molar-refractivity contribution is -0.616. The van der Waals surface area contributed by atoms with Crippen LogP contribution in [0.3, 0.4) is 0 Å². The molecule has 0 bridgehead atoms. The van der Waals surface area contributed by atoms with Crippen LogP contribution in [-0.4, -0.2) is 28.3 Å². The number of imidazole rings is 1. The Bertz CT molecular complexity index is 1370. The minimum Gasteiger partial charge on any atom is -0.447 e. The van der Waals surface area contributed by atoms with Crippen LogP contribution in [0, 0.1) is 0 Å². The molecule has 7 nitrogen and oxygen atoms in total. The number of Topliss-reactive ketones (excluding diaryl/α,β-unsaturated/α-hetero) is 1. The largest absolute Gasteiger partial charge is 0.447 e. The third kappa shape index (κ3) is 3.00. The summed E-state index contributed by atoms with van der Waals surface area (Å²) in [5, 5.41) is 5.34. The highest BCUT2D eigenvalue weighted by molar-refractivity contribution is 6.11. The number of aryl methyl sites for hydroxylation is 1. The summed E-state index contributed by atoms with van der Waals surface area (Å²) < 4.78 is 8.34. The number of H-pyrrole nitrogens is 1. The molecule has 0 amide bonds. The van der Waals surface area contributed by atoms with Gasteiger partial charge in [-0.25, -0.2) is 4.98 Å². The second-order valence-corrected chi connectivity index (χ2v) is 7.43. The highest BCUT2D eigenvalue weighted by Gasteiger charge is 2.25. The first-order chi connectivity index (χ1) is 14.6. The summed E-state index contributed by atoms with van der Waals surface area (Å²) in [7, 11) is 2.03. The third-order valence-corrected chi connectivity index (χ3v) is 5.51. The molecule has 0 saturated heterocycles. The molecule has 0 aliphatic heterocycles. The van der Waals surface area contributed by atoms with Gasteiger partial charge in [-0.2, -0.15) is 4.57 Å². The van der Waals surface area contributed by atoms with Crippen molar-refractivity contribution in [3.8, 4) is 0 Å². The summed E-state index contributed by atoms with van der Waals surface area (Å²) in [6.07, 6.45) is 3.69. The smallest absolute Gasteiger partial charge is 0.261 e. The van der Waals surface area contributed by atoms with Gasteiger partial charge in [0.1, 0.15) is 12.6 Å². The van der Waals surface area contributed by atoms with Gasteiger partial charge in [-0.3, -0.25) is 4.79 Å². The first-order valence-electron chi connectivity index (χ1n) is 9.85. The van der Waals surface area contributed by atoms with Gasteiger partial charge in [-0.05, 0) is 18.2 Å². The topological polar surface area (TPSA) is 101 Å². The molecule has 0 unspecified atom stereocenters. The Hall–Kier alpha value is -3.71. The molecule has 0 fully saturated rings. The Balaban J connectivity index is 1.55. The zero-order valence-corrected chi connectivity index (χ0v) is 16.6. The minimum atomic E-state index is -0.616. The lowest BCUT2D eigenvalue weighted by Gasteiger charge is -2.12. The summed E-state index contributed by atoms with van der Waals surface area (Å²) in [6.45, 7) is 0.110. The number of aromatic nitrogens is 3. The van der Waals surface area contributed by atoms with Crippen molar-refractivity contribution in [3.05, 3.63) is 66.7 Å². The number of fused-ring (bicyclic) bond motifs is 4. The molecule has 5 aromatic rings. The maximum atomic E-state index is 12.7. The van der Waals surface area contributed by atoms with Gasteiger partial charge in [0.15, 0.2) is 5.78 Å². The number of rotatable bonds is 6. The molecule has 0 spiro atoms. The standard InChI is InChI=1S/C23H21N5O2/c1-28-18-8-4-2-6-15(18)21(23-22(28)16-7-3-5-9-20(16)30-23)26-12-19(29)17(24)10-14-11-25-13-27-14/h2-9,11,13,17H,10,12,24H2,1H3,(H,25,27)/p+1/t17-/m0/s1. The van der Waals surface area contributed by atoms with Crippen LogP contribution >= 0.6 is 0 Å². The Morgan fingerprint density at radius 2 is 1.97 bits per heavy atom. The number of carbonyl (C=O) groups excluding carboxylic acids is 1. The van der Waals surface area contributed by atoms with Gasteiger partial charge in [0, 0.05) is 24.4 Å². The normalized spacial score (nSPS) is 12.6. The number of pyridine rings is 1. The summed E-state index contributed by atoms with van der Waals surface area (Å²) in [4.78, 5) is 19.7. The molecule has 3 heterocycles. The Morgan fingerprint density at radius 3 is 2.77 bits per heavy atom. The van der Waals surface area contributed by atoms with Gasteiger partial charge in [0.05, 0.1) is 35.4 Å². The number of carbonyl (C=O) groups is 1. The number of para-hydroxylation sites is 2. The van der Waals surface area contributed by atoms with Crippen molar-refractivity contribution >= 4 is 44.4 Å². The van der Waals surface area contributed by atoms with Crippen molar-refractivity contribution in [3.63, 3.8) is 0 Å². The van der Waals surface area contributed by atoms with Crippen LogP contribution in [0.25, 0.3) is 33.0 Å². The van der Waals surface area contributed by atoms with E-state index in [1.165, 1.54) is 0 Å². The van der Waals surface area contributed by atoms with E-state index in [9.17, 15) is 4.79 Å². The summed E-state index contributed by atoms with van der Waals surface area (Å²) in [6, 6.07) is 15.4. The van der Waals surface area contributed by atoms with Crippen molar-refractivity contribution in [2.24, 2.45) is 12.8 Å². The van der Waals surface area contributed by atoms with E-state index in [0.717, 1.165) is 44.4 Å². The van der Waals surface area contributed by atoms with E-state index >= 15 is 0 Å². The zero-order valence-electron chi connectivity index (χ0n) is 16.6. The van der Waals surface area contributed by atoms with E-state index in [1.807, 2.05) is 49.5 Å². The van der Waals surface area contributed by atoms with Crippen molar-refractivity contribution in [2.45, 2.75) is 12.5 Å². The minimum absolute atomic E-state index is 0.0776. The predicted molar refractivity (Wildman–Crippen MR) is 116 cm³/mol. The van der Waals surface area contributed by atoms with E-state index in [0.29, 0.717) is 6.42 Å². The average Bonchev–Trinajstić information content (AvgIpc) is 3.41. The molecule has 4 N–H and O–H groups in total. The summed E-state index contributed by atoms with van der Waals surface area (Å²) in [5.74, 6) is -0.0776. The monoisotopic (exact) mass is 400 g/mol. The number of aromatic amines is 1. The van der Waals surface area contributed by atoms with E-state index < -0.39 is 6.04 Å². The molecule has 2 aromatic carbocycles. The molecule has 7 heteroatoms. The highest BCUT2D eigenvalue weighted by atomic mass is 16.3. The van der Waals surface area contributed by atoms with E-state index in [4.69, 9.17) is 10.2 Å². The van der Waals surface area contributed by atoms with Crippen LogP contribution in [0.15, 0.2) is 65.5 Å². The van der Waals surface area contributed by atoms with E-state index in [-0.39, 0.29) is 12.3 Å². The molecule has 150 valence electrons. The third-order valence-electron chi connectivity index (χ3n) is 5.51. The maximum absolute atomic E-state index is 12.7. The lowest BCUT2D eigenvalue weighted by atomic mass is 10.1. The molecule has 0 radical (unpaired) electrons. The molecule has 5 rings (SSSR count). The number of nitrogens with two attached hydrogens (primary N) is 1. The first kappa shape index (κ1) is 18.3. The molecule has 0 saturated carbocycles. The summed E-state index contributed by atoms with van der Waals surface area (Å²) >= 11 is 0. The van der Waals surface area contributed by atoms with Crippen molar-refractivity contribution in [2.75, 3.05) is 11.9 Å². The molecule has 0 aliphatic carbocycles. The number of furan rings is 1. The lowest BCUT2D eigenvalue weighted by Crippen LogP contribution is -2.37. The number of anilines is 1. The van der Waals surface area contributed by atoms with Crippen LogP contribution < -0.4 is 15.6 Å². The number of nitrogens with one attached hydrogen (secondary N) is 2. The second-order valence-electron chi connectivity index (χ2n) is 7.43. The number of hydrogen-bond donors (Lipinski definition) is 3. The van der Waals surface area contributed by atoms with Crippen LogP contribution in [0.5, 0.6) is 0 Å². The fraction of sp³-hybridized carbons (Fsp3) is 0.174. The van der Waals surface area contributed by atoms with Crippen molar-refractivity contribution < 1.29 is 13.8 Å². The van der Waals surface area contributed by atoms with Crippen LogP contribution in [-0.2, 0) is 18.3 Å². The maximum Gasteiger partial charge on any atom is 0.261 e. The van der Waals surface area contributed by atoms with Crippen LogP contribution in [0.1, 0.15) is 5.69 Å². The number of ketones is 1. The van der Waals surface area contributed by atoms with Crippen LogP contribution in [0.2, 0.25) is 0 Å². The van der Waals surface area contributed by atoms with Gasteiger partial charge in [-0.1, -0.05) is 24.3 Å². The Kier molecular flexibility index (Phi) is 4.44. The Labute approximate surface area is 172 Å². The fourth-order valence-corrected chi connectivity index (χ4v) is 3.98. The molecule has 30 heavy (non-hydrogen) atoms. The highest BCUT2D eigenvalue weighted by Crippen LogP contribution is 2.35. The predicted octanol–water partition coefficient (Wildman–Crippen LogP) is 2.84. The van der Waals surface area contributed by atoms with Gasteiger partial charge in [0.2, 0.25) is 11.1 Å². The zero-order chi connectivity index (χ0) is 20.7. The second kappa shape index (κ2) is 7.27. The first-order valence-corrected chi connectivity index (χ1v) is 9.85. The summed E-state index contributed by atoms with van der Waals surface area (Å²) in [5.41, 5.74) is 11.3. The number of nitrogens with zero attached hydrogens (tertiary/aromatic N) is 2. The van der Waals surface area contributed by atoms with Crippen LogP contribution in [0.4, 0.5) is 5.69 Å². The van der Waals surface area contributed by atoms with Gasteiger partial charge >= 0.3 is 0 Å². The molecule has 1 atom stereocenters. The van der Waals surface area contributed by atoms with Gasteiger partial charge < -0.3 is 20.5 Å². The Morgan fingerprint density at radius 1 is 1.20 bits per heavy atom. The van der Waals surface area contributed by atoms with Crippen molar-refractivity contribution in [1.29, 1.82) is 0 Å². The number of hydrogen-bond acceptors (Lipinski definition) is 5. The fourth-order valence-electron chi connectivity index (χ4n) is 3.98. The molecule has 0 aliphatic rings. The van der Waals surface area contributed by atoms with E-state index in [2.05, 4.69) is 25.9 Å². The van der Waals surface area contributed by atoms with Crippen molar-refractivity contribution in [1.82, 2.24) is 9.97 Å². The molecular formula is C23H22N5O2+. The van der Waals surface area contributed by atoms with E-state index in [1.54, 1.807) is 12.5 Å².